The second-order valence-corrected chi connectivity index (χ2v) is 8.15. The third-order valence-corrected chi connectivity index (χ3v) is 6.30. The van der Waals surface area contributed by atoms with Crippen LogP contribution in [0, 0.1) is 11.8 Å². The van der Waals surface area contributed by atoms with E-state index < -0.39 is 17.4 Å². The largest absolute Gasteiger partial charge is 0.396 e. The van der Waals surface area contributed by atoms with Gasteiger partial charge in [-0.1, -0.05) is 29.4 Å². The van der Waals surface area contributed by atoms with E-state index in [0.29, 0.717) is 25.2 Å². The van der Waals surface area contributed by atoms with E-state index >= 15 is 0 Å². The van der Waals surface area contributed by atoms with Gasteiger partial charge in [0.25, 0.3) is 0 Å². The number of ether oxygens (including phenoxy) is 1. The summed E-state index contributed by atoms with van der Waals surface area (Å²) in [5.41, 5.74) is 1.67. The predicted molar refractivity (Wildman–Crippen MR) is 106 cm³/mol. The molecular formula is C22H23N3O5. The first kappa shape index (κ1) is 19.0. The molecule has 1 spiro atoms. The quantitative estimate of drug-likeness (QED) is 0.720. The Morgan fingerprint density at radius 2 is 2.13 bits per heavy atom. The van der Waals surface area contributed by atoms with Crippen molar-refractivity contribution in [1.29, 1.82) is 0 Å². The first-order valence-corrected chi connectivity index (χ1v) is 10.0. The minimum atomic E-state index is -0.763. The van der Waals surface area contributed by atoms with Crippen LogP contribution in [0.2, 0.25) is 0 Å². The molecule has 2 fully saturated rings. The lowest BCUT2D eigenvalue weighted by atomic mass is 9.76. The molecular weight excluding hydrogens is 386 g/mol. The number of anilines is 1. The highest BCUT2D eigenvalue weighted by Gasteiger charge is 2.67. The molecule has 8 nitrogen and oxygen atoms in total. The maximum absolute atomic E-state index is 13.4. The summed E-state index contributed by atoms with van der Waals surface area (Å²) < 4.78 is 11.0. The van der Waals surface area contributed by atoms with Crippen LogP contribution >= 0.6 is 0 Å². The van der Waals surface area contributed by atoms with Crippen LogP contribution in [0.3, 0.4) is 0 Å². The molecule has 5 rings (SSSR count). The van der Waals surface area contributed by atoms with Crippen LogP contribution in [0.5, 0.6) is 0 Å². The standard InChI is InChI=1S/C22H23N3O5/c1-24(12-15-8-11-29-23-15)20(27)18-17-6-9-22(30-17)13-25(21(28)19(18)22)16-4-2-14(3-5-16)7-10-26/h2-6,8-9,11,17-19,26H,7,10,12-13H2,1H3/t17-,18?,19?,22-/m0/s1. The van der Waals surface area contributed by atoms with Crippen molar-refractivity contribution < 1.29 is 24.0 Å². The molecule has 8 heteroatoms. The van der Waals surface area contributed by atoms with Gasteiger partial charge < -0.3 is 24.2 Å². The number of nitrogens with zero attached hydrogens (tertiary/aromatic N) is 3. The zero-order valence-electron chi connectivity index (χ0n) is 16.6. The van der Waals surface area contributed by atoms with E-state index in [0.717, 1.165) is 11.3 Å². The Bertz CT molecular complexity index is 987. The Hall–Kier alpha value is -2.97. The summed E-state index contributed by atoms with van der Waals surface area (Å²) in [5.74, 6) is -1.33. The van der Waals surface area contributed by atoms with Gasteiger partial charge in [0.2, 0.25) is 11.8 Å². The van der Waals surface area contributed by atoms with Gasteiger partial charge in [-0.3, -0.25) is 9.59 Å². The van der Waals surface area contributed by atoms with Gasteiger partial charge in [0.05, 0.1) is 31.0 Å². The van der Waals surface area contributed by atoms with Crippen LogP contribution in [0.4, 0.5) is 5.69 Å². The first-order chi connectivity index (χ1) is 14.5. The minimum absolute atomic E-state index is 0.0822. The Balaban J connectivity index is 1.39. The van der Waals surface area contributed by atoms with Gasteiger partial charge in [-0.15, -0.1) is 0 Å². The Kier molecular flexibility index (Phi) is 4.48. The van der Waals surface area contributed by atoms with Crippen LogP contribution in [0.25, 0.3) is 0 Å². The highest BCUT2D eigenvalue weighted by Crippen LogP contribution is 2.53. The Morgan fingerprint density at radius 1 is 1.33 bits per heavy atom. The highest BCUT2D eigenvalue weighted by atomic mass is 16.5. The van der Waals surface area contributed by atoms with E-state index in [1.165, 1.54) is 6.26 Å². The van der Waals surface area contributed by atoms with Crippen LogP contribution in [0.1, 0.15) is 11.3 Å². The topological polar surface area (TPSA) is 96.1 Å². The van der Waals surface area contributed by atoms with Crippen molar-refractivity contribution in [2.45, 2.75) is 24.7 Å². The molecule has 0 saturated carbocycles. The summed E-state index contributed by atoms with van der Waals surface area (Å²) in [7, 11) is 1.70. The fourth-order valence-corrected chi connectivity index (χ4v) is 4.86. The van der Waals surface area contributed by atoms with E-state index in [4.69, 9.17) is 14.4 Å². The molecule has 2 aromatic rings. The number of fused-ring (bicyclic) bond motifs is 1. The third-order valence-electron chi connectivity index (χ3n) is 6.30. The van der Waals surface area contributed by atoms with Gasteiger partial charge in [0.1, 0.15) is 17.6 Å². The lowest BCUT2D eigenvalue weighted by Crippen LogP contribution is -2.44. The van der Waals surface area contributed by atoms with E-state index in [1.807, 2.05) is 36.4 Å². The molecule has 2 amide bonds. The van der Waals surface area contributed by atoms with Crippen LogP contribution in [0.15, 0.2) is 53.3 Å². The van der Waals surface area contributed by atoms with Crippen molar-refractivity contribution in [3.05, 3.63) is 60.0 Å². The van der Waals surface area contributed by atoms with E-state index in [9.17, 15) is 9.59 Å². The van der Waals surface area contributed by atoms with Gasteiger partial charge in [-0.05, 0) is 24.1 Å². The molecule has 3 aliphatic rings. The molecule has 2 bridgehead atoms. The van der Waals surface area contributed by atoms with Crippen molar-refractivity contribution >= 4 is 17.5 Å². The molecule has 2 unspecified atom stereocenters. The monoisotopic (exact) mass is 409 g/mol. The van der Waals surface area contributed by atoms with Gasteiger partial charge in [-0.2, -0.15) is 0 Å². The van der Waals surface area contributed by atoms with Gasteiger partial charge >= 0.3 is 0 Å². The molecule has 1 N–H and O–H groups in total. The average molecular weight is 409 g/mol. The van der Waals surface area contributed by atoms with Crippen LogP contribution < -0.4 is 4.90 Å². The third kappa shape index (κ3) is 2.86. The summed E-state index contributed by atoms with van der Waals surface area (Å²) in [5, 5.41) is 13.0. The second kappa shape index (κ2) is 7.07. The average Bonchev–Trinajstić information content (AvgIpc) is 3.51. The zero-order valence-corrected chi connectivity index (χ0v) is 16.6. The van der Waals surface area contributed by atoms with Gasteiger partial charge in [0, 0.05) is 25.4 Å². The van der Waals surface area contributed by atoms with Crippen molar-refractivity contribution in [1.82, 2.24) is 10.1 Å². The first-order valence-electron chi connectivity index (χ1n) is 10.0. The fraction of sp³-hybridized carbons (Fsp3) is 0.409. The molecule has 3 aliphatic heterocycles. The number of benzene rings is 1. The van der Waals surface area contributed by atoms with Crippen molar-refractivity contribution in [2.75, 3.05) is 25.1 Å². The fourth-order valence-electron chi connectivity index (χ4n) is 4.86. The van der Waals surface area contributed by atoms with E-state index in [-0.39, 0.29) is 24.5 Å². The number of hydrogen-bond donors (Lipinski definition) is 1. The zero-order chi connectivity index (χ0) is 20.9. The highest BCUT2D eigenvalue weighted by molar-refractivity contribution is 6.03. The van der Waals surface area contributed by atoms with Crippen molar-refractivity contribution in [2.24, 2.45) is 11.8 Å². The lowest BCUT2D eigenvalue weighted by molar-refractivity contribution is -0.139. The molecule has 156 valence electrons. The lowest BCUT2D eigenvalue weighted by Gasteiger charge is -2.27. The summed E-state index contributed by atoms with van der Waals surface area (Å²) in [6, 6.07) is 9.29. The summed E-state index contributed by atoms with van der Waals surface area (Å²) in [6.45, 7) is 0.782. The molecule has 2 saturated heterocycles. The molecule has 4 heterocycles. The normalized spacial score (nSPS) is 28.9. The molecule has 1 aromatic heterocycles. The number of amides is 2. The number of aliphatic hydroxyl groups is 1. The summed E-state index contributed by atoms with van der Waals surface area (Å²) in [6.07, 6.45) is 5.51. The van der Waals surface area contributed by atoms with E-state index in [2.05, 4.69) is 5.16 Å². The number of aromatic nitrogens is 1. The Labute approximate surface area is 173 Å². The van der Waals surface area contributed by atoms with Crippen LogP contribution in [-0.4, -0.2) is 58.9 Å². The molecule has 1 aromatic carbocycles. The van der Waals surface area contributed by atoms with Gasteiger partial charge in [0.15, 0.2) is 0 Å². The maximum Gasteiger partial charge on any atom is 0.234 e. The van der Waals surface area contributed by atoms with Crippen molar-refractivity contribution in [3.8, 4) is 0 Å². The minimum Gasteiger partial charge on any atom is -0.396 e. The smallest absolute Gasteiger partial charge is 0.234 e. The van der Waals surface area contributed by atoms with E-state index in [1.54, 1.807) is 22.9 Å². The number of carbonyl (C=O) groups excluding carboxylic acids is 2. The van der Waals surface area contributed by atoms with Crippen molar-refractivity contribution in [3.63, 3.8) is 0 Å². The Morgan fingerprint density at radius 3 is 2.83 bits per heavy atom. The van der Waals surface area contributed by atoms with Gasteiger partial charge in [-0.25, -0.2) is 0 Å². The molecule has 0 aliphatic carbocycles. The maximum atomic E-state index is 13.4. The second-order valence-electron chi connectivity index (χ2n) is 8.15. The summed E-state index contributed by atoms with van der Waals surface area (Å²) >= 11 is 0. The van der Waals surface area contributed by atoms with Crippen LogP contribution in [-0.2, 0) is 27.3 Å². The number of carbonyl (C=O) groups is 2. The summed E-state index contributed by atoms with van der Waals surface area (Å²) in [4.78, 5) is 30.0. The predicted octanol–water partition coefficient (Wildman–Crippen LogP) is 1.15. The SMILES string of the molecule is CN(Cc1ccon1)C(=O)C1C2C(=O)N(c3ccc(CCO)cc3)C[C@@]23C=C[C@@H]1O3. The molecule has 0 radical (unpaired) electrons. The number of aliphatic hydroxyl groups excluding tert-OH is 1. The molecule has 30 heavy (non-hydrogen) atoms. The molecule has 4 atom stereocenters. The number of rotatable bonds is 6. The number of hydrogen-bond acceptors (Lipinski definition) is 6.